The van der Waals surface area contributed by atoms with Crippen LogP contribution in [0.25, 0.3) is 0 Å². The minimum absolute atomic E-state index is 0.00710. The zero-order valence-electron chi connectivity index (χ0n) is 18.7. The Balaban J connectivity index is 1.78. The van der Waals surface area contributed by atoms with E-state index in [1.807, 2.05) is 0 Å². The molecule has 0 aromatic rings. The maximum Gasteiger partial charge on any atom is 0.303 e. The van der Waals surface area contributed by atoms with Crippen LogP contribution < -0.4 is 0 Å². The van der Waals surface area contributed by atoms with Crippen molar-refractivity contribution in [3.05, 3.63) is 12.2 Å². The van der Waals surface area contributed by atoms with Crippen molar-refractivity contribution in [3.63, 3.8) is 0 Å². The number of fused-ring (bicyclic) bond motifs is 2. The van der Waals surface area contributed by atoms with Gasteiger partial charge < -0.3 is 19.3 Å². The highest BCUT2D eigenvalue weighted by Crippen LogP contribution is 2.77. The van der Waals surface area contributed by atoms with Gasteiger partial charge in [0.25, 0.3) is 0 Å². The van der Waals surface area contributed by atoms with E-state index in [0.717, 1.165) is 19.3 Å². The number of hydrogen-bond donors (Lipinski definition) is 1. The molecule has 6 fully saturated rings. The number of carbonyl (C=O) groups is 3. The van der Waals surface area contributed by atoms with Crippen molar-refractivity contribution in [2.24, 2.45) is 34.0 Å². The zero-order chi connectivity index (χ0) is 22.6. The van der Waals surface area contributed by atoms with E-state index < -0.39 is 34.8 Å². The molecule has 0 aromatic carbocycles. The maximum atomic E-state index is 13.7. The summed E-state index contributed by atoms with van der Waals surface area (Å²) in [4.78, 5) is 38.0. The second kappa shape index (κ2) is 6.19. The van der Waals surface area contributed by atoms with Crippen LogP contribution in [0.15, 0.2) is 12.2 Å². The van der Waals surface area contributed by atoms with Crippen molar-refractivity contribution in [3.8, 4) is 0 Å². The third-order valence-electron chi connectivity index (χ3n) is 9.35. The lowest BCUT2D eigenvalue weighted by atomic mass is 9.36. The molecular weight excluding hydrogens is 400 g/mol. The summed E-state index contributed by atoms with van der Waals surface area (Å²) in [6, 6.07) is 0. The van der Waals surface area contributed by atoms with Crippen LogP contribution in [0, 0.1) is 34.0 Å². The molecule has 7 heteroatoms. The fraction of sp³-hybridized carbons (Fsp3) is 0.792. The number of rotatable bonds is 2. The predicted octanol–water partition coefficient (Wildman–Crippen LogP) is 2.55. The van der Waals surface area contributed by atoms with Crippen LogP contribution in [0.5, 0.6) is 0 Å². The zero-order valence-corrected chi connectivity index (χ0v) is 18.7. The van der Waals surface area contributed by atoms with E-state index in [2.05, 4.69) is 20.4 Å². The van der Waals surface area contributed by atoms with E-state index in [4.69, 9.17) is 14.2 Å². The first-order valence-corrected chi connectivity index (χ1v) is 11.4. The van der Waals surface area contributed by atoms with Crippen LogP contribution in [0.4, 0.5) is 0 Å². The van der Waals surface area contributed by atoms with Gasteiger partial charge in [0.15, 0.2) is 11.9 Å². The second-order valence-electron chi connectivity index (χ2n) is 11.1. The quantitative estimate of drug-likeness (QED) is 0.529. The summed E-state index contributed by atoms with van der Waals surface area (Å²) >= 11 is 0. The van der Waals surface area contributed by atoms with Crippen molar-refractivity contribution in [2.75, 3.05) is 6.61 Å². The molecule has 7 nitrogen and oxygen atoms in total. The van der Waals surface area contributed by atoms with Crippen LogP contribution in [0.2, 0.25) is 0 Å². The molecule has 2 aliphatic heterocycles. The number of allylic oxidation sites excluding steroid dienone is 1. The number of Topliss-reactive ketones (excluding diaryl/α,β-unsaturated/α-hetero) is 1. The fourth-order valence-electron chi connectivity index (χ4n) is 8.45. The topological polar surface area (TPSA) is 99.1 Å². The fourth-order valence-corrected chi connectivity index (χ4v) is 8.45. The first kappa shape index (κ1) is 21.1. The Morgan fingerprint density at radius 3 is 2.45 bits per heavy atom. The summed E-state index contributed by atoms with van der Waals surface area (Å²) in [6.45, 7) is 11.1. The Morgan fingerprint density at radius 2 is 1.81 bits per heavy atom. The lowest BCUT2D eigenvalue weighted by Crippen LogP contribution is -2.84. The van der Waals surface area contributed by atoms with Crippen molar-refractivity contribution >= 4 is 17.7 Å². The van der Waals surface area contributed by atoms with Crippen LogP contribution in [0.3, 0.4) is 0 Å². The Hall–Kier alpha value is -1.73. The molecule has 2 saturated heterocycles. The van der Waals surface area contributed by atoms with E-state index in [1.165, 1.54) is 13.8 Å². The average molecular weight is 433 g/mol. The van der Waals surface area contributed by atoms with Gasteiger partial charge in [0, 0.05) is 25.2 Å². The van der Waals surface area contributed by atoms with Crippen LogP contribution in [-0.4, -0.2) is 47.4 Å². The molecule has 0 aromatic heterocycles. The number of esters is 2. The molecule has 0 radical (unpaired) electrons. The van der Waals surface area contributed by atoms with Gasteiger partial charge in [-0.25, -0.2) is 0 Å². The molecule has 6 aliphatic rings. The molecule has 2 heterocycles. The molecule has 4 bridgehead atoms. The molecule has 31 heavy (non-hydrogen) atoms. The highest BCUT2D eigenvalue weighted by atomic mass is 16.7. The van der Waals surface area contributed by atoms with Gasteiger partial charge in [0.2, 0.25) is 5.79 Å². The monoisotopic (exact) mass is 432 g/mol. The average Bonchev–Trinajstić information content (AvgIpc) is 2.86. The molecule has 4 saturated carbocycles. The minimum atomic E-state index is -1.92. The van der Waals surface area contributed by atoms with Crippen molar-refractivity contribution < 1.29 is 33.7 Å². The Kier molecular flexibility index (Phi) is 4.22. The molecule has 1 N–H and O–H groups in total. The number of aliphatic hydroxyl groups is 1. The van der Waals surface area contributed by atoms with Gasteiger partial charge in [-0.15, -0.1) is 0 Å². The first-order valence-electron chi connectivity index (χ1n) is 11.4. The first-order chi connectivity index (χ1) is 14.4. The highest BCUT2D eigenvalue weighted by molar-refractivity contribution is 6.04. The SMILES string of the molecule is C=C1C(=O)[C@]23C[C@H]1CC[C@H]2[C@@]12CO[C@]3(O)[C@@H](OC(C)=O)[C@@H]1C(C)(C)CC[C@@H]2OC(C)=O. The summed E-state index contributed by atoms with van der Waals surface area (Å²) in [5.74, 6) is -3.55. The largest absolute Gasteiger partial charge is 0.462 e. The third-order valence-corrected chi connectivity index (χ3v) is 9.35. The molecule has 4 aliphatic carbocycles. The van der Waals surface area contributed by atoms with Gasteiger partial charge >= 0.3 is 11.9 Å². The van der Waals surface area contributed by atoms with Gasteiger partial charge in [-0.05, 0) is 54.9 Å². The Labute approximate surface area is 182 Å². The lowest BCUT2D eigenvalue weighted by Gasteiger charge is -2.74. The van der Waals surface area contributed by atoms with E-state index in [9.17, 15) is 19.5 Å². The summed E-state index contributed by atoms with van der Waals surface area (Å²) in [5.41, 5.74) is -1.73. The molecule has 170 valence electrons. The molecule has 2 spiro atoms. The second-order valence-corrected chi connectivity index (χ2v) is 11.1. The molecule has 0 unspecified atom stereocenters. The summed E-state index contributed by atoms with van der Waals surface area (Å²) in [5, 5.41) is 12.2. The summed E-state index contributed by atoms with van der Waals surface area (Å²) in [6.07, 6.45) is 1.87. The standard InChI is InChI=1S/C24H32O7/c1-12-15-6-7-16-22-11-29-24(28,23(16,10-15)19(12)27)20(31-14(3)26)18(22)21(4,5)9-8-17(22)30-13(2)25/h15-18,20,28H,1,6-11H2,2-5H3/t15-,16+,17+,18-,20+,22-,23+,24-/m1/s1. The number of hydrogen-bond acceptors (Lipinski definition) is 7. The molecule has 6 rings (SSSR count). The minimum Gasteiger partial charge on any atom is -0.462 e. The number of carbonyl (C=O) groups excluding carboxylic acids is 3. The summed E-state index contributed by atoms with van der Waals surface area (Å²) in [7, 11) is 0. The van der Waals surface area contributed by atoms with Gasteiger partial charge in [-0.1, -0.05) is 20.4 Å². The van der Waals surface area contributed by atoms with E-state index in [-0.39, 0.29) is 41.5 Å². The molecule has 0 amide bonds. The van der Waals surface area contributed by atoms with E-state index >= 15 is 0 Å². The van der Waals surface area contributed by atoms with Crippen LogP contribution in [0.1, 0.15) is 59.8 Å². The van der Waals surface area contributed by atoms with Gasteiger partial charge in [0.1, 0.15) is 6.10 Å². The predicted molar refractivity (Wildman–Crippen MR) is 108 cm³/mol. The van der Waals surface area contributed by atoms with Crippen LogP contribution in [-0.2, 0) is 28.6 Å². The van der Waals surface area contributed by atoms with Crippen molar-refractivity contribution in [1.82, 2.24) is 0 Å². The maximum absolute atomic E-state index is 13.7. The third kappa shape index (κ3) is 2.29. The van der Waals surface area contributed by atoms with Crippen LogP contribution >= 0.6 is 0 Å². The normalized spacial score (nSPS) is 49.3. The van der Waals surface area contributed by atoms with Gasteiger partial charge in [-0.3, -0.25) is 14.4 Å². The van der Waals surface area contributed by atoms with Gasteiger partial charge in [0.05, 0.1) is 12.0 Å². The summed E-state index contributed by atoms with van der Waals surface area (Å²) < 4.78 is 17.9. The lowest BCUT2D eigenvalue weighted by molar-refractivity contribution is -0.447. The Morgan fingerprint density at radius 1 is 1.13 bits per heavy atom. The van der Waals surface area contributed by atoms with Crippen molar-refractivity contribution in [1.29, 1.82) is 0 Å². The number of ether oxygens (including phenoxy) is 3. The van der Waals surface area contributed by atoms with Crippen molar-refractivity contribution in [2.45, 2.75) is 77.8 Å². The van der Waals surface area contributed by atoms with E-state index in [1.54, 1.807) is 0 Å². The van der Waals surface area contributed by atoms with Gasteiger partial charge in [-0.2, -0.15) is 0 Å². The van der Waals surface area contributed by atoms with E-state index in [0.29, 0.717) is 18.4 Å². The number of ketones is 1. The molecular formula is C24H32O7. The molecule has 8 atom stereocenters. The highest BCUT2D eigenvalue weighted by Gasteiger charge is 2.85. The Bertz CT molecular complexity index is 892. The smallest absolute Gasteiger partial charge is 0.303 e.